The largest absolute Gasteiger partial charge is 0.261 e. The van der Waals surface area contributed by atoms with E-state index in [0.717, 1.165) is 30.5 Å². The van der Waals surface area contributed by atoms with Crippen molar-refractivity contribution in [1.82, 2.24) is 19.5 Å². The van der Waals surface area contributed by atoms with Gasteiger partial charge in [0, 0.05) is 12.1 Å². The highest BCUT2D eigenvalue weighted by Gasteiger charge is 2.36. The van der Waals surface area contributed by atoms with E-state index in [4.69, 9.17) is 0 Å². The molecule has 0 saturated carbocycles. The van der Waals surface area contributed by atoms with Crippen LogP contribution < -0.4 is 0 Å². The van der Waals surface area contributed by atoms with Crippen molar-refractivity contribution >= 4 is 10.0 Å². The lowest BCUT2D eigenvalue weighted by Crippen LogP contribution is -2.39. The highest BCUT2D eigenvalue weighted by molar-refractivity contribution is 7.89. The Balaban J connectivity index is 1.67. The van der Waals surface area contributed by atoms with Gasteiger partial charge >= 0.3 is 0 Å². The lowest BCUT2D eigenvalue weighted by Gasteiger charge is -2.33. The number of halogens is 1. The van der Waals surface area contributed by atoms with Gasteiger partial charge in [-0.3, -0.25) is 5.10 Å². The molecule has 0 amide bonds. The van der Waals surface area contributed by atoms with Crippen LogP contribution in [0.4, 0.5) is 4.39 Å². The lowest BCUT2D eigenvalue weighted by atomic mass is 10.0. The van der Waals surface area contributed by atoms with Crippen molar-refractivity contribution in [2.24, 2.45) is 0 Å². The highest BCUT2D eigenvalue weighted by atomic mass is 32.2. The number of piperidine rings is 1. The van der Waals surface area contributed by atoms with Crippen LogP contribution in [0.15, 0.2) is 59.5 Å². The number of aromatic nitrogens is 3. The maximum Gasteiger partial charge on any atom is 0.243 e. The van der Waals surface area contributed by atoms with Crippen LogP contribution in [-0.4, -0.2) is 34.4 Å². The second-order valence-electron chi connectivity index (χ2n) is 6.49. The predicted octanol–water partition coefficient (Wildman–Crippen LogP) is 3.53. The maximum absolute atomic E-state index is 13.2. The number of hydrogen-bond acceptors (Lipinski definition) is 4. The van der Waals surface area contributed by atoms with Gasteiger partial charge in [0.15, 0.2) is 5.82 Å². The Bertz CT molecular complexity index is 1020. The van der Waals surface area contributed by atoms with Gasteiger partial charge in [0.25, 0.3) is 0 Å². The Kier molecular flexibility index (Phi) is 4.75. The first-order valence-corrected chi connectivity index (χ1v) is 10.2. The smallest absolute Gasteiger partial charge is 0.243 e. The van der Waals surface area contributed by atoms with E-state index in [0.29, 0.717) is 24.6 Å². The van der Waals surface area contributed by atoms with E-state index in [1.165, 1.54) is 16.4 Å². The molecule has 0 aliphatic carbocycles. The molecule has 0 radical (unpaired) electrons. The Morgan fingerprint density at radius 2 is 1.78 bits per heavy atom. The Morgan fingerprint density at radius 1 is 1.04 bits per heavy atom. The molecule has 0 bridgehead atoms. The Morgan fingerprint density at radius 3 is 2.52 bits per heavy atom. The van der Waals surface area contributed by atoms with Gasteiger partial charge in [0.05, 0.1) is 10.9 Å². The summed E-state index contributed by atoms with van der Waals surface area (Å²) in [5, 5.41) is 7.16. The molecule has 1 saturated heterocycles. The van der Waals surface area contributed by atoms with Crippen LogP contribution in [-0.2, 0) is 10.0 Å². The summed E-state index contributed by atoms with van der Waals surface area (Å²) in [7, 11) is -3.75. The van der Waals surface area contributed by atoms with Gasteiger partial charge in [-0.1, -0.05) is 36.8 Å². The van der Waals surface area contributed by atoms with Gasteiger partial charge in [-0.15, -0.1) is 0 Å². The molecule has 1 N–H and O–H groups in total. The standard InChI is InChI=1S/C19H19FN4O2S/c20-15-9-11-16(12-10-15)27(25,26)24-13-5-4-8-17(24)19-21-18(22-23-19)14-6-2-1-3-7-14/h1-3,6-7,9-12,17H,4-5,8,13H2,(H,21,22,23). The minimum atomic E-state index is -3.75. The van der Waals surface area contributed by atoms with Crippen LogP contribution in [0.3, 0.4) is 0 Å². The van der Waals surface area contributed by atoms with Crippen molar-refractivity contribution < 1.29 is 12.8 Å². The normalized spacial score (nSPS) is 18.5. The van der Waals surface area contributed by atoms with Crippen LogP contribution in [0.5, 0.6) is 0 Å². The van der Waals surface area contributed by atoms with Crippen LogP contribution in [0, 0.1) is 5.82 Å². The van der Waals surface area contributed by atoms with Crippen molar-refractivity contribution in [3.05, 3.63) is 66.2 Å². The number of nitrogens with zero attached hydrogens (tertiary/aromatic N) is 3. The number of sulfonamides is 1. The summed E-state index contributed by atoms with van der Waals surface area (Å²) in [5.74, 6) is 0.599. The minimum Gasteiger partial charge on any atom is -0.261 e. The van der Waals surface area contributed by atoms with Crippen LogP contribution in [0.2, 0.25) is 0 Å². The molecule has 1 atom stereocenters. The summed E-state index contributed by atoms with van der Waals surface area (Å²) >= 11 is 0. The third-order valence-corrected chi connectivity index (χ3v) is 6.65. The molecule has 1 aliphatic rings. The molecule has 8 heteroatoms. The van der Waals surface area contributed by atoms with E-state index in [9.17, 15) is 12.8 Å². The summed E-state index contributed by atoms with van der Waals surface area (Å²) in [4.78, 5) is 4.62. The van der Waals surface area contributed by atoms with Gasteiger partial charge < -0.3 is 0 Å². The van der Waals surface area contributed by atoms with E-state index in [2.05, 4.69) is 15.2 Å². The molecule has 27 heavy (non-hydrogen) atoms. The zero-order valence-electron chi connectivity index (χ0n) is 14.5. The van der Waals surface area contributed by atoms with E-state index >= 15 is 0 Å². The summed E-state index contributed by atoms with van der Waals surface area (Å²) in [5.41, 5.74) is 0.865. The molecule has 2 aromatic carbocycles. The van der Waals surface area contributed by atoms with Crippen molar-refractivity contribution in [2.75, 3.05) is 6.54 Å². The first-order chi connectivity index (χ1) is 13.1. The fourth-order valence-electron chi connectivity index (χ4n) is 3.35. The quantitative estimate of drug-likeness (QED) is 0.744. The van der Waals surface area contributed by atoms with Gasteiger partial charge in [-0.2, -0.15) is 9.40 Å². The van der Waals surface area contributed by atoms with Crippen molar-refractivity contribution in [2.45, 2.75) is 30.2 Å². The number of hydrogen-bond donors (Lipinski definition) is 1. The maximum atomic E-state index is 13.2. The first-order valence-electron chi connectivity index (χ1n) is 8.81. The van der Waals surface area contributed by atoms with Crippen LogP contribution in [0.1, 0.15) is 31.1 Å². The van der Waals surface area contributed by atoms with Crippen molar-refractivity contribution in [1.29, 1.82) is 0 Å². The van der Waals surface area contributed by atoms with E-state index in [-0.39, 0.29) is 4.90 Å². The molecule has 1 fully saturated rings. The number of aromatic amines is 1. The molecule has 4 rings (SSSR count). The molecule has 0 spiro atoms. The number of rotatable bonds is 4. The molecule has 1 aromatic heterocycles. The van der Waals surface area contributed by atoms with Crippen LogP contribution in [0.25, 0.3) is 11.4 Å². The van der Waals surface area contributed by atoms with E-state index < -0.39 is 21.9 Å². The zero-order chi connectivity index (χ0) is 18.9. The van der Waals surface area contributed by atoms with Gasteiger partial charge in [-0.25, -0.2) is 17.8 Å². The summed E-state index contributed by atoms with van der Waals surface area (Å²) < 4.78 is 40.8. The number of nitrogens with one attached hydrogen (secondary N) is 1. The number of H-pyrrole nitrogens is 1. The third kappa shape index (κ3) is 3.50. The molecular weight excluding hydrogens is 367 g/mol. The van der Waals surface area contributed by atoms with E-state index in [1.54, 1.807) is 0 Å². The predicted molar refractivity (Wildman–Crippen MR) is 98.7 cm³/mol. The fourth-order valence-corrected chi connectivity index (χ4v) is 5.01. The first kappa shape index (κ1) is 17.8. The lowest BCUT2D eigenvalue weighted by molar-refractivity contribution is 0.247. The zero-order valence-corrected chi connectivity index (χ0v) is 15.4. The Labute approximate surface area is 157 Å². The third-order valence-electron chi connectivity index (χ3n) is 4.72. The second kappa shape index (κ2) is 7.21. The average molecular weight is 386 g/mol. The average Bonchev–Trinajstić information content (AvgIpc) is 3.19. The fraction of sp³-hybridized carbons (Fsp3) is 0.263. The monoisotopic (exact) mass is 386 g/mol. The van der Waals surface area contributed by atoms with Crippen LogP contribution >= 0.6 is 0 Å². The number of benzene rings is 2. The molecule has 140 valence electrons. The van der Waals surface area contributed by atoms with Crippen molar-refractivity contribution in [3.63, 3.8) is 0 Å². The molecular formula is C19H19FN4O2S. The molecule has 1 aliphatic heterocycles. The second-order valence-corrected chi connectivity index (χ2v) is 8.38. The molecule has 3 aromatic rings. The molecule has 6 nitrogen and oxygen atoms in total. The summed E-state index contributed by atoms with van der Waals surface area (Å²) in [6.07, 6.45) is 2.34. The van der Waals surface area contributed by atoms with Gasteiger partial charge in [0.1, 0.15) is 11.6 Å². The Hall–Kier alpha value is -2.58. The topological polar surface area (TPSA) is 79.0 Å². The highest BCUT2D eigenvalue weighted by Crippen LogP contribution is 2.34. The minimum absolute atomic E-state index is 0.0820. The van der Waals surface area contributed by atoms with Crippen molar-refractivity contribution in [3.8, 4) is 11.4 Å². The summed E-state index contributed by atoms with van der Waals surface area (Å²) in [6, 6.07) is 14.0. The molecule has 2 heterocycles. The van der Waals surface area contributed by atoms with Gasteiger partial charge in [0.2, 0.25) is 10.0 Å². The van der Waals surface area contributed by atoms with Gasteiger partial charge in [-0.05, 0) is 37.1 Å². The molecule has 1 unspecified atom stereocenters. The summed E-state index contributed by atoms with van der Waals surface area (Å²) in [6.45, 7) is 0.395. The SMILES string of the molecule is O=S(=O)(c1ccc(F)cc1)N1CCCCC1c1nc(-c2ccccc2)n[nH]1. The van der Waals surface area contributed by atoms with E-state index in [1.807, 2.05) is 30.3 Å².